The smallest absolute Gasteiger partial charge is 0.475 e. The number of nitrogens with zero attached hydrogens (tertiary/aromatic N) is 1. The third-order valence-electron chi connectivity index (χ3n) is 6.45. The van der Waals surface area contributed by atoms with Crippen LogP contribution in [-0.4, -0.2) is 80.4 Å². The van der Waals surface area contributed by atoms with Crippen LogP contribution >= 0.6 is 0 Å². The van der Waals surface area contributed by atoms with E-state index in [-0.39, 0.29) is 0 Å². The number of likely N-dealkylation sites (tertiary alicyclic amines) is 1. The molecule has 1 unspecified atom stereocenters. The number of carbonyl (C=O) groups is 1. The zero-order valence-electron chi connectivity index (χ0n) is 16.8. The molecular formula is C20H32F3NO5. The van der Waals surface area contributed by atoms with E-state index < -0.39 is 12.1 Å². The highest BCUT2D eigenvalue weighted by Gasteiger charge is 2.43. The lowest BCUT2D eigenvalue weighted by Crippen LogP contribution is -2.47. The van der Waals surface area contributed by atoms with E-state index in [0.717, 1.165) is 45.0 Å². The summed E-state index contributed by atoms with van der Waals surface area (Å²) in [6.07, 6.45) is 4.30. The highest BCUT2D eigenvalue weighted by Crippen LogP contribution is 2.43. The molecule has 168 valence electrons. The van der Waals surface area contributed by atoms with Gasteiger partial charge in [0.2, 0.25) is 0 Å². The van der Waals surface area contributed by atoms with Crippen molar-refractivity contribution in [2.45, 2.75) is 63.3 Å². The van der Waals surface area contributed by atoms with Gasteiger partial charge in [0.05, 0.1) is 19.3 Å². The first-order valence-corrected chi connectivity index (χ1v) is 10.6. The summed E-state index contributed by atoms with van der Waals surface area (Å²) >= 11 is 0. The minimum atomic E-state index is -5.08. The molecule has 3 heterocycles. The summed E-state index contributed by atoms with van der Waals surface area (Å²) in [6.45, 7) is 7.16. The molecule has 0 aromatic heterocycles. The lowest BCUT2D eigenvalue weighted by molar-refractivity contribution is -0.192. The number of hydrogen-bond donors (Lipinski definition) is 1. The molecule has 1 saturated carbocycles. The van der Waals surface area contributed by atoms with E-state index in [1.165, 1.54) is 58.0 Å². The van der Waals surface area contributed by atoms with Crippen LogP contribution < -0.4 is 0 Å². The van der Waals surface area contributed by atoms with Crippen LogP contribution in [0.25, 0.3) is 0 Å². The van der Waals surface area contributed by atoms with Gasteiger partial charge in [0.1, 0.15) is 0 Å². The van der Waals surface area contributed by atoms with Crippen molar-refractivity contribution in [2.75, 3.05) is 46.1 Å². The number of carboxylic acids is 1. The summed E-state index contributed by atoms with van der Waals surface area (Å²) in [7, 11) is 0. The zero-order valence-corrected chi connectivity index (χ0v) is 16.8. The highest BCUT2D eigenvalue weighted by atomic mass is 19.4. The Hall–Kier alpha value is -0.900. The molecule has 1 atom stereocenters. The van der Waals surface area contributed by atoms with Crippen molar-refractivity contribution in [3.8, 4) is 0 Å². The van der Waals surface area contributed by atoms with Crippen molar-refractivity contribution in [1.29, 1.82) is 0 Å². The van der Waals surface area contributed by atoms with Crippen molar-refractivity contribution >= 4 is 5.97 Å². The molecule has 1 aliphatic carbocycles. The predicted octanol–water partition coefficient (Wildman–Crippen LogP) is 3.10. The summed E-state index contributed by atoms with van der Waals surface area (Å²) in [5.41, 5.74) is 0.454. The Bertz CT molecular complexity index is 527. The fourth-order valence-electron chi connectivity index (χ4n) is 4.42. The van der Waals surface area contributed by atoms with Gasteiger partial charge in [0.25, 0.3) is 0 Å². The third-order valence-corrected chi connectivity index (χ3v) is 6.45. The van der Waals surface area contributed by atoms with Crippen LogP contribution in [0.3, 0.4) is 0 Å². The molecule has 0 amide bonds. The summed E-state index contributed by atoms with van der Waals surface area (Å²) in [6, 6.07) is 0.770. The van der Waals surface area contributed by atoms with Crippen molar-refractivity contribution in [2.24, 2.45) is 11.3 Å². The molecule has 4 aliphatic rings. The number of alkyl halides is 3. The standard InChI is InChI=1S/C18H31NO3.C2HF3O2/c1-2-15(1)12-21-13-17-11-18(14-22-17)5-7-19(8-6-18)16-3-9-20-10-4-16;3-2(4,5)1(6)7/h15-17H,1-14H2;(H,6,7). The third kappa shape index (κ3) is 7.08. The van der Waals surface area contributed by atoms with Crippen LogP contribution in [0.4, 0.5) is 13.2 Å². The van der Waals surface area contributed by atoms with E-state index in [2.05, 4.69) is 4.90 Å². The van der Waals surface area contributed by atoms with Gasteiger partial charge in [-0.25, -0.2) is 4.79 Å². The molecule has 0 aromatic carbocycles. The second kappa shape index (κ2) is 9.94. The van der Waals surface area contributed by atoms with Gasteiger partial charge in [-0.3, -0.25) is 0 Å². The minimum Gasteiger partial charge on any atom is -0.475 e. The van der Waals surface area contributed by atoms with Crippen LogP contribution in [0.5, 0.6) is 0 Å². The fourth-order valence-corrected chi connectivity index (χ4v) is 4.42. The van der Waals surface area contributed by atoms with E-state index in [1.807, 2.05) is 0 Å². The van der Waals surface area contributed by atoms with Gasteiger partial charge in [-0.2, -0.15) is 13.2 Å². The van der Waals surface area contributed by atoms with Gasteiger partial charge in [-0.15, -0.1) is 0 Å². The molecule has 3 saturated heterocycles. The monoisotopic (exact) mass is 423 g/mol. The average molecular weight is 423 g/mol. The van der Waals surface area contributed by atoms with Crippen LogP contribution in [0, 0.1) is 11.3 Å². The van der Waals surface area contributed by atoms with Gasteiger partial charge < -0.3 is 24.2 Å². The number of hydrogen-bond acceptors (Lipinski definition) is 5. The first kappa shape index (κ1) is 22.8. The van der Waals surface area contributed by atoms with Crippen molar-refractivity contribution < 1.29 is 37.3 Å². The topological polar surface area (TPSA) is 68.2 Å². The van der Waals surface area contributed by atoms with Gasteiger partial charge in [-0.05, 0) is 69.4 Å². The zero-order chi connectivity index (χ0) is 20.9. The van der Waals surface area contributed by atoms with E-state index in [4.69, 9.17) is 24.1 Å². The molecular weight excluding hydrogens is 391 g/mol. The number of ether oxygens (including phenoxy) is 3. The normalized spacial score (nSPS) is 28.2. The van der Waals surface area contributed by atoms with Gasteiger partial charge >= 0.3 is 12.1 Å². The van der Waals surface area contributed by atoms with E-state index in [9.17, 15) is 13.2 Å². The number of aliphatic carboxylic acids is 1. The Balaban J connectivity index is 0.000000298. The van der Waals surface area contributed by atoms with Crippen molar-refractivity contribution in [3.05, 3.63) is 0 Å². The Kier molecular flexibility index (Phi) is 7.81. The van der Waals surface area contributed by atoms with Crippen LogP contribution in [-0.2, 0) is 19.0 Å². The Morgan fingerprint density at radius 2 is 1.72 bits per heavy atom. The maximum atomic E-state index is 10.6. The second-order valence-electron chi connectivity index (χ2n) is 8.80. The first-order chi connectivity index (χ1) is 13.8. The average Bonchev–Trinajstić information content (AvgIpc) is 3.44. The molecule has 1 N–H and O–H groups in total. The molecule has 4 rings (SSSR count). The maximum Gasteiger partial charge on any atom is 0.490 e. The second-order valence-corrected chi connectivity index (χ2v) is 8.80. The predicted molar refractivity (Wildman–Crippen MR) is 98.7 cm³/mol. The molecule has 0 aromatic rings. The molecule has 9 heteroatoms. The lowest BCUT2D eigenvalue weighted by Gasteiger charge is -2.43. The molecule has 0 bridgehead atoms. The summed E-state index contributed by atoms with van der Waals surface area (Å²) < 4.78 is 49.1. The molecule has 0 radical (unpaired) electrons. The highest BCUT2D eigenvalue weighted by molar-refractivity contribution is 5.73. The van der Waals surface area contributed by atoms with Crippen LogP contribution in [0.2, 0.25) is 0 Å². The van der Waals surface area contributed by atoms with E-state index in [1.54, 1.807) is 0 Å². The van der Waals surface area contributed by atoms with Crippen molar-refractivity contribution in [3.63, 3.8) is 0 Å². The summed E-state index contributed by atoms with van der Waals surface area (Å²) in [5, 5.41) is 7.12. The van der Waals surface area contributed by atoms with Crippen LogP contribution in [0.1, 0.15) is 44.9 Å². The fraction of sp³-hybridized carbons (Fsp3) is 0.950. The van der Waals surface area contributed by atoms with Gasteiger partial charge in [0.15, 0.2) is 0 Å². The van der Waals surface area contributed by atoms with E-state index in [0.29, 0.717) is 11.5 Å². The van der Waals surface area contributed by atoms with Crippen LogP contribution in [0.15, 0.2) is 0 Å². The molecule has 6 nitrogen and oxygen atoms in total. The first-order valence-electron chi connectivity index (χ1n) is 10.6. The summed E-state index contributed by atoms with van der Waals surface area (Å²) in [5.74, 6) is -1.90. The lowest BCUT2D eigenvalue weighted by atomic mass is 9.76. The Morgan fingerprint density at radius 3 is 2.28 bits per heavy atom. The Labute approximate surface area is 169 Å². The molecule has 29 heavy (non-hydrogen) atoms. The molecule has 4 fully saturated rings. The molecule has 1 spiro atoms. The number of piperidine rings is 1. The minimum absolute atomic E-state index is 0.355. The van der Waals surface area contributed by atoms with Gasteiger partial charge in [-0.1, -0.05) is 0 Å². The largest absolute Gasteiger partial charge is 0.490 e. The van der Waals surface area contributed by atoms with Crippen molar-refractivity contribution in [1.82, 2.24) is 4.90 Å². The number of rotatable bonds is 5. The Morgan fingerprint density at radius 1 is 1.10 bits per heavy atom. The van der Waals surface area contributed by atoms with E-state index >= 15 is 0 Å². The SMILES string of the molecule is C1CC(N2CCC3(CC2)COC(COCC2CC2)C3)CCO1.O=C(O)C(F)(F)F. The number of halogens is 3. The quantitative estimate of drug-likeness (QED) is 0.733. The van der Waals surface area contributed by atoms with Gasteiger partial charge in [0, 0.05) is 25.9 Å². The molecule has 3 aliphatic heterocycles. The summed E-state index contributed by atoms with van der Waals surface area (Å²) in [4.78, 5) is 11.6. The number of carboxylic acid groups (broad SMARTS) is 1. The maximum absolute atomic E-state index is 10.6.